The zero-order chi connectivity index (χ0) is 14.7. The first-order valence-corrected chi connectivity index (χ1v) is 7.84. The van der Waals surface area contributed by atoms with Crippen molar-refractivity contribution in [2.24, 2.45) is 29.6 Å². The Bertz CT molecular complexity index is 522. The summed E-state index contributed by atoms with van der Waals surface area (Å²) in [6, 6.07) is 0. The molecule has 4 atom stereocenters. The van der Waals surface area contributed by atoms with Gasteiger partial charge in [0.15, 0.2) is 0 Å². The van der Waals surface area contributed by atoms with Crippen LogP contribution >= 0.6 is 0 Å². The third-order valence-corrected chi connectivity index (χ3v) is 5.51. The van der Waals surface area contributed by atoms with Gasteiger partial charge in [-0.25, -0.2) is 0 Å². The van der Waals surface area contributed by atoms with Gasteiger partial charge >= 0.3 is 0 Å². The molecule has 0 N–H and O–H groups in total. The van der Waals surface area contributed by atoms with Crippen molar-refractivity contribution >= 4 is 17.7 Å². The second-order valence-electron chi connectivity index (χ2n) is 6.98. The van der Waals surface area contributed by atoms with E-state index in [4.69, 9.17) is 0 Å². The number of allylic oxidation sites excluding steroid dienone is 2. The number of likely N-dealkylation sites (tertiary alicyclic amines) is 1. The Hall–Kier alpha value is -1.65. The Labute approximate surface area is 124 Å². The van der Waals surface area contributed by atoms with Gasteiger partial charge < -0.3 is 4.90 Å². The van der Waals surface area contributed by atoms with Gasteiger partial charge in [0.05, 0.1) is 11.8 Å². The maximum atomic E-state index is 12.5. The number of hydrogen-bond acceptors (Lipinski definition) is 3. The molecule has 1 heterocycles. The van der Waals surface area contributed by atoms with E-state index in [1.54, 1.807) is 11.9 Å². The zero-order valence-corrected chi connectivity index (χ0v) is 12.2. The molecule has 2 saturated carbocycles. The molecule has 2 bridgehead atoms. The summed E-state index contributed by atoms with van der Waals surface area (Å²) in [5.41, 5.74) is 0. The number of carbonyl (C=O) groups excluding carboxylic acids is 3. The lowest BCUT2D eigenvalue weighted by Gasteiger charge is -2.21. The van der Waals surface area contributed by atoms with E-state index in [2.05, 4.69) is 12.2 Å². The normalized spacial score (nSPS) is 36.5. The SMILES string of the molecule is CN(CC1CC1)C(=O)CN1C(=O)[C@H]2[C@H](C1=O)[C@H]1C=C[C@H]2C1. The molecule has 3 fully saturated rings. The van der Waals surface area contributed by atoms with Crippen LogP contribution in [0.25, 0.3) is 0 Å². The second-order valence-corrected chi connectivity index (χ2v) is 6.98. The summed E-state index contributed by atoms with van der Waals surface area (Å²) in [7, 11) is 1.76. The molecule has 5 heteroatoms. The summed E-state index contributed by atoms with van der Waals surface area (Å²) in [5.74, 6) is 0.252. The van der Waals surface area contributed by atoms with Crippen LogP contribution in [0.15, 0.2) is 12.2 Å². The summed E-state index contributed by atoms with van der Waals surface area (Å²) >= 11 is 0. The molecule has 3 amide bonds. The van der Waals surface area contributed by atoms with E-state index in [9.17, 15) is 14.4 Å². The second kappa shape index (κ2) is 4.42. The number of imide groups is 1. The highest BCUT2D eigenvalue weighted by Crippen LogP contribution is 2.52. The standard InChI is InChI=1S/C16H20N2O3/c1-17(7-9-2-3-9)12(19)8-18-15(20)13-10-4-5-11(6-10)14(13)16(18)21/h4-5,9-11,13-14H,2-3,6-8H2,1H3/t10-,11-,13+,14+/m0/s1. The van der Waals surface area contributed by atoms with Crippen LogP contribution in [0.4, 0.5) is 0 Å². The van der Waals surface area contributed by atoms with Crippen LogP contribution in [-0.4, -0.2) is 47.7 Å². The number of likely N-dealkylation sites (N-methyl/N-ethyl adjacent to an activating group) is 1. The van der Waals surface area contributed by atoms with Crippen LogP contribution in [0.1, 0.15) is 19.3 Å². The fourth-order valence-electron chi connectivity index (χ4n) is 4.17. The first kappa shape index (κ1) is 13.0. The number of rotatable bonds is 4. The van der Waals surface area contributed by atoms with E-state index >= 15 is 0 Å². The van der Waals surface area contributed by atoms with Gasteiger partial charge in [-0.15, -0.1) is 0 Å². The molecule has 21 heavy (non-hydrogen) atoms. The molecular formula is C16H20N2O3. The van der Waals surface area contributed by atoms with Gasteiger partial charge in [0.1, 0.15) is 6.54 Å². The monoisotopic (exact) mass is 288 g/mol. The minimum absolute atomic E-state index is 0.0761. The lowest BCUT2D eigenvalue weighted by Crippen LogP contribution is -2.43. The van der Waals surface area contributed by atoms with Crippen LogP contribution in [0.3, 0.4) is 0 Å². The summed E-state index contributed by atoms with van der Waals surface area (Å²) in [4.78, 5) is 40.1. The van der Waals surface area contributed by atoms with Crippen LogP contribution in [0.5, 0.6) is 0 Å². The molecule has 0 aromatic rings. The van der Waals surface area contributed by atoms with E-state index in [0.717, 1.165) is 13.0 Å². The van der Waals surface area contributed by atoms with Gasteiger partial charge in [-0.1, -0.05) is 12.2 Å². The molecule has 1 saturated heterocycles. The lowest BCUT2D eigenvalue weighted by molar-refractivity contribution is -0.146. The average molecular weight is 288 g/mol. The molecule has 0 radical (unpaired) electrons. The fraction of sp³-hybridized carbons (Fsp3) is 0.688. The Kier molecular flexibility index (Phi) is 2.75. The smallest absolute Gasteiger partial charge is 0.242 e. The van der Waals surface area contributed by atoms with Crippen molar-refractivity contribution in [1.82, 2.24) is 9.80 Å². The van der Waals surface area contributed by atoms with Gasteiger partial charge in [-0.05, 0) is 37.0 Å². The first-order valence-electron chi connectivity index (χ1n) is 7.84. The summed E-state index contributed by atoms with van der Waals surface area (Å²) in [5, 5.41) is 0. The lowest BCUT2D eigenvalue weighted by atomic mass is 9.85. The first-order chi connectivity index (χ1) is 10.1. The van der Waals surface area contributed by atoms with Crippen LogP contribution in [-0.2, 0) is 14.4 Å². The fourth-order valence-corrected chi connectivity index (χ4v) is 4.17. The highest BCUT2D eigenvalue weighted by atomic mass is 16.2. The largest absolute Gasteiger partial charge is 0.344 e. The quantitative estimate of drug-likeness (QED) is 0.564. The van der Waals surface area contributed by atoms with Crippen molar-refractivity contribution in [3.63, 3.8) is 0 Å². The van der Waals surface area contributed by atoms with E-state index in [1.807, 2.05) is 0 Å². The minimum atomic E-state index is -0.200. The van der Waals surface area contributed by atoms with Crippen molar-refractivity contribution in [2.45, 2.75) is 19.3 Å². The molecule has 0 unspecified atom stereocenters. The molecule has 5 nitrogen and oxygen atoms in total. The van der Waals surface area contributed by atoms with Gasteiger partial charge in [0.25, 0.3) is 0 Å². The van der Waals surface area contributed by atoms with Gasteiger partial charge in [-0.2, -0.15) is 0 Å². The van der Waals surface area contributed by atoms with Crippen molar-refractivity contribution in [1.29, 1.82) is 0 Å². The van der Waals surface area contributed by atoms with Crippen molar-refractivity contribution in [3.05, 3.63) is 12.2 Å². The highest BCUT2D eigenvalue weighted by Gasteiger charge is 2.59. The number of fused-ring (bicyclic) bond motifs is 5. The van der Waals surface area contributed by atoms with E-state index in [0.29, 0.717) is 5.92 Å². The van der Waals surface area contributed by atoms with Gasteiger partial charge in [0.2, 0.25) is 17.7 Å². The summed E-state index contributed by atoms with van der Waals surface area (Å²) in [6.07, 6.45) is 7.43. The summed E-state index contributed by atoms with van der Waals surface area (Å²) < 4.78 is 0. The molecule has 4 aliphatic rings. The topological polar surface area (TPSA) is 57.7 Å². The molecule has 0 spiro atoms. The number of nitrogens with zero attached hydrogens (tertiary/aromatic N) is 2. The van der Waals surface area contributed by atoms with Crippen molar-refractivity contribution in [3.8, 4) is 0 Å². The Morgan fingerprint density at radius 1 is 1.19 bits per heavy atom. The third-order valence-electron chi connectivity index (χ3n) is 5.51. The van der Waals surface area contributed by atoms with E-state index in [1.165, 1.54) is 17.7 Å². The minimum Gasteiger partial charge on any atom is -0.344 e. The Balaban J connectivity index is 1.45. The van der Waals surface area contributed by atoms with Gasteiger partial charge in [0, 0.05) is 13.6 Å². The average Bonchev–Trinajstić information content (AvgIpc) is 2.95. The highest BCUT2D eigenvalue weighted by molar-refractivity contribution is 6.08. The van der Waals surface area contributed by atoms with Gasteiger partial charge in [-0.3, -0.25) is 19.3 Å². The maximum absolute atomic E-state index is 12.5. The third kappa shape index (κ3) is 1.93. The molecular weight excluding hydrogens is 268 g/mol. The van der Waals surface area contributed by atoms with Crippen molar-refractivity contribution < 1.29 is 14.4 Å². The van der Waals surface area contributed by atoms with E-state index in [-0.39, 0.29) is 47.9 Å². The maximum Gasteiger partial charge on any atom is 0.242 e. The molecule has 1 aliphatic heterocycles. The predicted octanol–water partition coefficient (Wildman–Crippen LogP) is 0.662. The Morgan fingerprint density at radius 2 is 1.76 bits per heavy atom. The molecule has 112 valence electrons. The molecule has 4 rings (SSSR count). The van der Waals surface area contributed by atoms with Crippen LogP contribution < -0.4 is 0 Å². The molecule has 3 aliphatic carbocycles. The number of amides is 3. The molecule has 0 aromatic heterocycles. The van der Waals surface area contributed by atoms with Crippen LogP contribution in [0.2, 0.25) is 0 Å². The van der Waals surface area contributed by atoms with Crippen molar-refractivity contribution in [2.75, 3.05) is 20.1 Å². The summed E-state index contributed by atoms with van der Waals surface area (Å²) in [6.45, 7) is 0.669. The molecule has 0 aromatic carbocycles. The van der Waals surface area contributed by atoms with E-state index < -0.39 is 0 Å². The Morgan fingerprint density at radius 3 is 2.29 bits per heavy atom. The zero-order valence-electron chi connectivity index (χ0n) is 12.2. The number of hydrogen-bond donors (Lipinski definition) is 0. The van der Waals surface area contributed by atoms with Crippen LogP contribution in [0, 0.1) is 29.6 Å². The number of carbonyl (C=O) groups is 3. The predicted molar refractivity (Wildman–Crippen MR) is 74.8 cm³/mol.